The predicted octanol–water partition coefficient (Wildman–Crippen LogP) is 6.81. The number of carbonyl (C=O) groups is 1. The Bertz CT molecular complexity index is 1310. The van der Waals surface area contributed by atoms with Crippen LogP contribution < -0.4 is 14.8 Å². The lowest BCUT2D eigenvalue weighted by atomic mass is 10.1. The summed E-state index contributed by atoms with van der Waals surface area (Å²) >= 11 is 5.96. The monoisotopic (exact) mass is 490 g/mol. The first kappa shape index (κ1) is 24.0. The molecule has 0 bridgehead atoms. The molecule has 0 amide bonds. The van der Waals surface area contributed by atoms with Crippen LogP contribution in [0.4, 0.5) is 11.6 Å². The number of hydrogen-bond acceptors (Lipinski definition) is 8. The quantitative estimate of drug-likeness (QED) is 0.282. The van der Waals surface area contributed by atoms with Gasteiger partial charge in [-0.05, 0) is 75.4 Å². The topological polar surface area (TPSA) is 95.5 Å². The number of nitrogens with zero attached hydrogens (tertiary/aromatic N) is 3. The van der Waals surface area contributed by atoms with Crippen molar-refractivity contribution in [1.82, 2.24) is 15.0 Å². The molecule has 0 fully saturated rings. The molecule has 0 saturated carbocycles. The highest BCUT2D eigenvalue weighted by molar-refractivity contribution is 6.30. The standard InChI is InChI=1S/C26H23ClN4O4/c1-26(2,3)35-22(32)17-8-7-9-19(16-17)28-23-29-24(33-20-10-5-4-6-11-20)31-25(30-23)34-21-14-12-18(27)13-15-21/h4-16H,1-3H3,(H,28,29,30,31). The van der Waals surface area contributed by atoms with E-state index in [1.807, 2.05) is 39.0 Å². The van der Waals surface area contributed by atoms with Gasteiger partial charge in [0.2, 0.25) is 5.95 Å². The third kappa shape index (κ3) is 7.15. The van der Waals surface area contributed by atoms with Crippen molar-refractivity contribution in [1.29, 1.82) is 0 Å². The Morgan fingerprint density at radius 2 is 1.43 bits per heavy atom. The Morgan fingerprint density at radius 3 is 2.06 bits per heavy atom. The van der Waals surface area contributed by atoms with Gasteiger partial charge < -0.3 is 19.5 Å². The summed E-state index contributed by atoms with van der Waals surface area (Å²) in [5.74, 6) is 0.769. The summed E-state index contributed by atoms with van der Waals surface area (Å²) < 4.78 is 17.0. The van der Waals surface area contributed by atoms with Crippen LogP contribution in [-0.4, -0.2) is 26.5 Å². The zero-order valence-electron chi connectivity index (χ0n) is 19.4. The highest BCUT2D eigenvalue weighted by atomic mass is 35.5. The molecule has 1 aromatic heterocycles. The van der Waals surface area contributed by atoms with Crippen molar-refractivity contribution in [3.63, 3.8) is 0 Å². The highest BCUT2D eigenvalue weighted by Gasteiger charge is 2.18. The van der Waals surface area contributed by atoms with Crippen LogP contribution >= 0.6 is 11.6 Å². The van der Waals surface area contributed by atoms with Crippen molar-refractivity contribution in [2.45, 2.75) is 26.4 Å². The number of hydrogen-bond donors (Lipinski definition) is 1. The second-order valence-electron chi connectivity index (χ2n) is 8.40. The molecule has 0 atom stereocenters. The molecule has 4 aromatic rings. The molecule has 9 heteroatoms. The van der Waals surface area contributed by atoms with Gasteiger partial charge in [0.15, 0.2) is 0 Å². The van der Waals surface area contributed by atoms with Crippen LogP contribution in [0.2, 0.25) is 5.02 Å². The lowest BCUT2D eigenvalue weighted by Crippen LogP contribution is -2.23. The van der Waals surface area contributed by atoms with Crippen molar-refractivity contribution < 1.29 is 19.0 Å². The largest absolute Gasteiger partial charge is 0.456 e. The predicted molar refractivity (Wildman–Crippen MR) is 133 cm³/mol. The van der Waals surface area contributed by atoms with E-state index < -0.39 is 11.6 Å². The lowest BCUT2D eigenvalue weighted by Gasteiger charge is -2.19. The van der Waals surface area contributed by atoms with Gasteiger partial charge in [-0.1, -0.05) is 35.9 Å². The van der Waals surface area contributed by atoms with Crippen LogP contribution in [0.3, 0.4) is 0 Å². The summed E-state index contributed by atoms with van der Waals surface area (Å²) in [6.07, 6.45) is 0. The van der Waals surface area contributed by atoms with Gasteiger partial charge in [0.1, 0.15) is 17.1 Å². The molecule has 0 radical (unpaired) electrons. The second kappa shape index (κ2) is 10.4. The van der Waals surface area contributed by atoms with E-state index in [-0.39, 0.29) is 18.0 Å². The first-order valence-electron chi connectivity index (χ1n) is 10.8. The number of rotatable bonds is 7. The molecule has 8 nitrogen and oxygen atoms in total. The molecule has 35 heavy (non-hydrogen) atoms. The second-order valence-corrected chi connectivity index (χ2v) is 8.84. The maximum atomic E-state index is 12.5. The summed E-state index contributed by atoms with van der Waals surface area (Å²) in [5, 5.41) is 3.65. The molecule has 0 aliphatic heterocycles. The molecule has 0 spiro atoms. The van der Waals surface area contributed by atoms with Crippen LogP contribution in [0, 0.1) is 0 Å². The van der Waals surface area contributed by atoms with Crippen molar-refractivity contribution in [3.8, 4) is 23.5 Å². The normalized spacial score (nSPS) is 11.0. The fourth-order valence-corrected chi connectivity index (χ4v) is 3.00. The first-order chi connectivity index (χ1) is 16.7. The number of aromatic nitrogens is 3. The summed E-state index contributed by atoms with van der Waals surface area (Å²) in [6, 6.07) is 22.8. The Hall–Kier alpha value is -4.17. The fraction of sp³-hybridized carbons (Fsp3) is 0.154. The summed E-state index contributed by atoms with van der Waals surface area (Å²) in [7, 11) is 0. The van der Waals surface area contributed by atoms with Gasteiger partial charge in [-0.2, -0.15) is 9.97 Å². The van der Waals surface area contributed by atoms with E-state index in [2.05, 4.69) is 20.3 Å². The zero-order valence-corrected chi connectivity index (χ0v) is 20.1. The number of benzene rings is 3. The molecule has 0 unspecified atom stereocenters. The smallest absolute Gasteiger partial charge is 0.338 e. The van der Waals surface area contributed by atoms with Gasteiger partial charge in [0.05, 0.1) is 5.56 Å². The van der Waals surface area contributed by atoms with E-state index in [1.165, 1.54) is 0 Å². The number of carbonyl (C=O) groups excluding carboxylic acids is 1. The van der Waals surface area contributed by atoms with Gasteiger partial charge in [-0.15, -0.1) is 4.98 Å². The Labute approximate surface area is 207 Å². The minimum absolute atomic E-state index is 0.0130. The van der Waals surface area contributed by atoms with Crippen LogP contribution in [0.25, 0.3) is 0 Å². The van der Waals surface area contributed by atoms with E-state index in [0.29, 0.717) is 27.8 Å². The van der Waals surface area contributed by atoms with Gasteiger partial charge in [-0.3, -0.25) is 0 Å². The average Bonchev–Trinajstić information content (AvgIpc) is 2.80. The zero-order chi connectivity index (χ0) is 24.8. The number of halogens is 1. The summed E-state index contributed by atoms with van der Waals surface area (Å²) in [4.78, 5) is 25.4. The van der Waals surface area contributed by atoms with E-state index in [0.717, 1.165) is 0 Å². The van der Waals surface area contributed by atoms with Crippen molar-refractivity contribution in [3.05, 3.63) is 89.4 Å². The van der Waals surface area contributed by atoms with Crippen LogP contribution in [-0.2, 0) is 4.74 Å². The Kier molecular flexibility index (Phi) is 7.12. The SMILES string of the molecule is CC(C)(C)OC(=O)c1cccc(Nc2nc(Oc3ccccc3)nc(Oc3ccc(Cl)cc3)n2)c1. The number of para-hydroxylation sites is 1. The molecule has 1 N–H and O–H groups in total. The minimum Gasteiger partial charge on any atom is -0.456 e. The highest BCUT2D eigenvalue weighted by Crippen LogP contribution is 2.26. The maximum Gasteiger partial charge on any atom is 0.338 e. The Morgan fingerprint density at radius 1 is 0.800 bits per heavy atom. The van der Waals surface area contributed by atoms with Gasteiger partial charge in [-0.25, -0.2) is 4.79 Å². The van der Waals surface area contributed by atoms with Crippen LogP contribution in [0.1, 0.15) is 31.1 Å². The van der Waals surface area contributed by atoms with Gasteiger partial charge >= 0.3 is 18.0 Å². The van der Waals surface area contributed by atoms with Crippen molar-refractivity contribution in [2.24, 2.45) is 0 Å². The third-order valence-corrected chi connectivity index (χ3v) is 4.57. The van der Waals surface area contributed by atoms with Crippen LogP contribution in [0.15, 0.2) is 78.9 Å². The summed E-state index contributed by atoms with van der Waals surface area (Å²) in [6.45, 7) is 5.44. The molecule has 0 saturated heterocycles. The number of ether oxygens (including phenoxy) is 3. The van der Waals surface area contributed by atoms with E-state index in [1.54, 1.807) is 60.7 Å². The molecule has 1 heterocycles. The first-order valence-corrected chi connectivity index (χ1v) is 11.1. The minimum atomic E-state index is -0.605. The van der Waals surface area contributed by atoms with Crippen LogP contribution in [0.5, 0.6) is 23.5 Å². The number of nitrogens with one attached hydrogen (secondary N) is 1. The number of esters is 1. The lowest BCUT2D eigenvalue weighted by molar-refractivity contribution is 0.00695. The fourth-order valence-electron chi connectivity index (χ4n) is 2.88. The molecule has 0 aliphatic carbocycles. The molecular formula is C26H23ClN4O4. The molecule has 4 rings (SSSR count). The Balaban J connectivity index is 1.61. The van der Waals surface area contributed by atoms with Gasteiger partial charge in [0, 0.05) is 10.7 Å². The molecular weight excluding hydrogens is 468 g/mol. The summed E-state index contributed by atoms with van der Waals surface area (Å²) in [5.41, 5.74) is 0.354. The molecule has 0 aliphatic rings. The average molecular weight is 491 g/mol. The van der Waals surface area contributed by atoms with Gasteiger partial charge in [0.25, 0.3) is 0 Å². The van der Waals surface area contributed by atoms with E-state index in [4.69, 9.17) is 25.8 Å². The maximum absolute atomic E-state index is 12.5. The number of anilines is 2. The third-order valence-electron chi connectivity index (χ3n) is 4.32. The molecule has 3 aromatic carbocycles. The molecule has 178 valence electrons. The van der Waals surface area contributed by atoms with Crippen molar-refractivity contribution >= 4 is 29.2 Å². The van der Waals surface area contributed by atoms with E-state index >= 15 is 0 Å². The van der Waals surface area contributed by atoms with Crippen molar-refractivity contribution in [2.75, 3.05) is 5.32 Å². The van der Waals surface area contributed by atoms with E-state index in [9.17, 15) is 4.79 Å².